The maximum atomic E-state index is 5.81. The summed E-state index contributed by atoms with van der Waals surface area (Å²) in [4.78, 5) is 3.61. The molecule has 0 aliphatic carbocycles. The van der Waals surface area contributed by atoms with Gasteiger partial charge in [-0.3, -0.25) is 0 Å². The predicted molar refractivity (Wildman–Crippen MR) is 191 cm³/mol. The highest BCUT2D eigenvalue weighted by Gasteiger charge is 2.18. The number of rotatable bonds is 13. The summed E-state index contributed by atoms with van der Waals surface area (Å²) >= 11 is 0. The van der Waals surface area contributed by atoms with E-state index in [0.717, 1.165) is 30.8 Å². The normalized spacial score (nSPS) is 13.1. The fourth-order valence-electron chi connectivity index (χ4n) is 5.86. The number of hydrogen-bond donors (Lipinski definition) is 1. The predicted octanol–water partition coefficient (Wildman–Crippen LogP) is 9.15. The topological polar surface area (TPSA) is 28.1 Å². The minimum atomic E-state index is 0.185. The van der Waals surface area contributed by atoms with Gasteiger partial charge in [0.15, 0.2) is 5.71 Å². The number of allylic oxidation sites excluding steroid dienone is 5. The van der Waals surface area contributed by atoms with Gasteiger partial charge in [-0.2, -0.15) is 0 Å². The molecule has 0 fully saturated rings. The number of fused-ring (bicyclic) bond motifs is 1. The van der Waals surface area contributed by atoms with Crippen molar-refractivity contribution in [2.45, 2.75) is 59.1 Å². The Morgan fingerprint density at radius 2 is 1.44 bits per heavy atom. The molecule has 3 nitrogen and oxygen atoms in total. The summed E-state index contributed by atoms with van der Waals surface area (Å²) in [5, 5.41) is 1.29. The molecule has 1 atom stereocenters. The molecular formula is C42H45N2O+. The molecule has 0 radical (unpaired) electrons. The number of ether oxygens (including phenoxy) is 1. The zero-order valence-electron chi connectivity index (χ0n) is 27.0. The van der Waals surface area contributed by atoms with E-state index in [9.17, 15) is 0 Å². The molecule has 1 unspecified atom stereocenters. The Morgan fingerprint density at radius 3 is 2.18 bits per heavy atom. The van der Waals surface area contributed by atoms with E-state index in [1.165, 1.54) is 39.0 Å². The van der Waals surface area contributed by atoms with Crippen LogP contribution in [0.4, 0.5) is 5.69 Å². The third-order valence-electron chi connectivity index (χ3n) is 8.14. The highest BCUT2D eigenvalue weighted by Crippen LogP contribution is 2.28. The van der Waals surface area contributed by atoms with Crippen LogP contribution in [0.25, 0.3) is 17.0 Å². The average molecular weight is 594 g/mol. The zero-order valence-corrected chi connectivity index (χ0v) is 27.0. The second-order valence-corrected chi connectivity index (χ2v) is 11.8. The number of hydrogen-bond acceptors (Lipinski definition) is 1. The van der Waals surface area contributed by atoms with Crippen molar-refractivity contribution in [2.24, 2.45) is 0 Å². The first-order valence-corrected chi connectivity index (χ1v) is 16.0. The highest BCUT2D eigenvalue weighted by molar-refractivity contribution is 5.91. The van der Waals surface area contributed by atoms with Crippen LogP contribution < -0.4 is 9.73 Å². The van der Waals surface area contributed by atoms with E-state index in [1.54, 1.807) is 0 Å². The van der Waals surface area contributed by atoms with E-state index >= 15 is 0 Å². The Kier molecular flexibility index (Phi) is 11.0. The van der Waals surface area contributed by atoms with Crippen molar-refractivity contribution in [2.75, 3.05) is 0 Å². The zero-order chi connectivity index (χ0) is 31.4. The third-order valence-corrected chi connectivity index (χ3v) is 8.14. The van der Waals surface area contributed by atoms with E-state index in [1.807, 2.05) is 6.07 Å². The molecule has 0 aliphatic heterocycles. The van der Waals surface area contributed by atoms with Gasteiger partial charge in [-0.1, -0.05) is 115 Å². The Morgan fingerprint density at radius 1 is 0.778 bits per heavy atom. The molecule has 5 rings (SSSR count). The molecule has 1 heterocycles. The summed E-state index contributed by atoms with van der Waals surface area (Å²) in [6, 6.07) is 38.4. The number of aromatic nitrogens is 1. The van der Waals surface area contributed by atoms with Crippen molar-refractivity contribution in [3.63, 3.8) is 0 Å². The summed E-state index contributed by atoms with van der Waals surface area (Å²) in [6.45, 7) is 9.46. The van der Waals surface area contributed by atoms with Gasteiger partial charge in [0, 0.05) is 47.8 Å². The van der Waals surface area contributed by atoms with Gasteiger partial charge in [-0.25, -0.2) is 4.99 Å². The van der Waals surface area contributed by atoms with Gasteiger partial charge < -0.3 is 9.30 Å². The SMILES string of the molecule is CC(=[NH+]c1ccccc1)C(C/C=C/C=C/C=C/c1c(C)n(CCc2ccc(OC(C)C)cc2)c2ccccc12)c1ccccc1. The molecule has 0 saturated carbocycles. The van der Waals surface area contributed by atoms with Gasteiger partial charge in [0.2, 0.25) is 5.69 Å². The van der Waals surface area contributed by atoms with Crippen molar-refractivity contribution in [3.05, 3.63) is 162 Å². The summed E-state index contributed by atoms with van der Waals surface area (Å²) in [6.07, 6.45) is 15.1. The number of para-hydroxylation sites is 2. The van der Waals surface area contributed by atoms with Gasteiger partial charge in [-0.15, -0.1) is 0 Å². The van der Waals surface area contributed by atoms with Crippen LogP contribution in [-0.2, 0) is 13.0 Å². The van der Waals surface area contributed by atoms with Crippen LogP contribution in [0.2, 0.25) is 0 Å². The van der Waals surface area contributed by atoms with E-state index in [4.69, 9.17) is 4.74 Å². The molecule has 0 saturated heterocycles. The Hall–Kier alpha value is -4.89. The lowest BCUT2D eigenvalue weighted by Gasteiger charge is -2.11. The summed E-state index contributed by atoms with van der Waals surface area (Å²) in [5.74, 6) is 1.21. The molecule has 0 bridgehead atoms. The lowest BCUT2D eigenvalue weighted by molar-refractivity contribution is -0.356. The van der Waals surface area contributed by atoms with E-state index in [-0.39, 0.29) is 12.0 Å². The van der Waals surface area contributed by atoms with Crippen molar-refractivity contribution < 1.29 is 9.73 Å². The smallest absolute Gasteiger partial charge is 0.203 e. The second kappa shape index (κ2) is 15.7. The maximum absolute atomic E-state index is 5.81. The molecule has 1 N–H and O–H groups in total. The number of nitrogens with zero attached hydrogens (tertiary/aromatic N) is 1. The standard InChI is InChI=1S/C42H44N2O/c1-32(2)45-38-28-26-35(27-29-38)30-31-44-34(4)40(41-24-16-17-25-42(41)44)23-15-7-5-6-14-22-39(36-18-10-8-11-19-36)33(3)43-37-20-12-9-13-21-37/h5-21,23-29,32,39H,22,30-31H2,1-4H3/p+1/b7-5+,14-6+,23-15+,43-33?. The molecule has 45 heavy (non-hydrogen) atoms. The summed E-state index contributed by atoms with van der Waals surface area (Å²) in [5.41, 5.74) is 8.84. The molecule has 4 aromatic carbocycles. The first-order chi connectivity index (χ1) is 22.0. The van der Waals surface area contributed by atoms with E-state index in [0.29, 0.717) is 0 Å². The fourth-order valence-corrected chi connectivity index (χ4v) is 5.86. The quantitative estimate of drug-likeness (QED) is 0.107. The van der Waals surface area contributed by atoms with Crippen molar-refractivity contribution >= 4 is 28.4 Å². The minimum Gasteiger partial charge on any atom is -0.491 e. The number of aryl methyl sites for hydroxylation is 2. The van der Waals surface area contributed by atoms with E-state index in [2.05, 4.69) is 177 Å². The fraction of sp³-hybridized carbons (Fsp3) is 0.214. The summed E-state index contributed by atoms with van der Waals surface area (Å²) < 4.78 is 8.26. The maximum Gasteiger partial charge on any atom is 0.203 e. The molecule has 1 aromatic heterocycles. The molecule has 5 aromatic rings. The largest absolute Gasteiger partial charge is 0.491 e. The third kappa shape index (κ3) is 8.61. The lowest BCUT2D eigenvalue weighted by Crippen LogP contribution is -2.66. The van der Waals surface area contributed by atoms with Crippen LogP contribution in [0, 0.1) is 6.92 Å². The van der Waals surface area contributed by atoms with Gasteiger partial charge in [0.05, 0.1) is 12.0 Å². The Labute approximate surface area is 268 Å². The minimum absolute atomic E-state index is 0.185. The molecule has 0 amide bonds. The number of nitrogens with one attached hydrogen (secondary N) is 1. The first kappa shape index (κ1) is 31.5. The molecule has 228 valence electrons. The Balaban J connectivity index is 1.25. The van der Waals surface area contributed by atoms with Crippen molar-refractivity contribution in [3.8, 4) is 5.75 Å². The van der Waals surface area contributed by atoms with Crippen LogP contribution in [0.5, 0.6) is 5.75 Å². The van der Waals surface area contributed by atoms with Crippen LogP contribution >= 0.6 is 0 Å². The number of benzene rings is 4. The van der Waals surface area contributed by atoms with Crippen LogP contribution in [0.1, 0.15) is 55.5 Å². The molecule has 0 spiro atoms. The van der Waals surface area contributed by atoms with Gasteiger partial charge in [0.25, 0.3) is 0 Å². The molecule has 3 heteroatoms. The molecule has 0 aliphatic rings. The van der Waals surface area contributed by atoms with Crippen LogP contribution in [0.3, 0.4) is 0 Å². The lowest BCUT2D eigenvalue weighted by atomic mass is 9.91. The molecular weight excluding hydrogens is 548 g/mol. The van der Waals surface area contributed by atoms with Gasteiger partial charge >= 0.3 is 0 Å². The highest BCUT2D eigenvalue weighted by atomic mass is 16.5. The Bertz CT molecular complexity index is 1770. The van der Waals surface area contributed by atoms with Crippen LogP contribution in [-0.4, -0.2) is 16.4 Å². The van der Waals surface area contributed by atoms with Gasteiger partial charge in [-0.05, 0) is 62.9 Å². The van der Waals surface area contributed by atoms with Gasteiger partial charge in [0.1, 0.15) is 5.75 Å². The average Bonchev–Trinajstić information content (AvgIpc) is 3.32. The van der Waals surface area contributed by atoms with Crippen LogP contribution in [0.15, 0.2) is 140 Å². The second-order valence-electron chi connectivity index (χ2n) is 11.8. The van der Waals surface area contributed by atoms with E-state index < -0.39 is 0 Å². The monoisotopic (exact) mass is 593 g/mol. The summed E-state index contributed by atoms with van der Waals surface area (Å²) in [7, 11) is 0. The van der Waals surface area contributed by atoms with Crippen molar-refractivity contribution in [1.29, 1.82) is 0 Å². The first-order valence-electron chi connectivity index (χ1n) is 16.0. The van der Waals surface area contributed by atoms with Crippen molar-refractivity contribution in [1.82, 2.24) is 4.57 Å².